The number of carbonyl (C=O) groups excluding carboxylic acids is 1. The monoisotopic (exact) mass is 483 g/mol. The van der Waals surface area contributed by atoms with Crippen LogP contribution in [0.5, 0.6) is 5.75 Å². The van der Waals surface area contributed by atoms with Crippen LogP contribution in [0, 0.1) is 17.6 Å². The van der Waals surface area contributed by atoms with Crippen LogP contribution in [0.1, 0.15) is 53.5 Å². The van der Waals surface area contributed by atoms with E-state index in [1.165, 1.54) is 0 Å². The molecule has 4 rings (SSSR count). The number of phenolic OH excluding ortho intramolecular Hbond substituents is 1. The van der Waals surface area contributed by atoms with E-state index >= 15 is 0 Å². The molecule has 1 fully saturated rings. The first kappa shape index (κ1) is 23.5. The van der Waals surface area contributed by atoms with Crippen molar-refractivity contribution >= 4 is 5.91 Å². The van der Waals surface area contributed by atoms with Crippen molar-refractivity contribution in [1.29, 1.82) is 0 Å². The maximum Gasteiger partial charge on any atom is 0.434 e. The van der Waals surface area contributed by atoms with Gasteiger partial charge in [-0.15, -0.1) is 0 Å². The highest BCUT2D eigenvalue weighted by molar-refractivity contribution is 5.94. The van der Waals surface area contributed by atoms with Crippen LogP contribution in [0.4, 0.5) is 22.0 Å². The molecule has 0 unspecified atom stereocenters. The number of nitrogens with one attached hydrogen (secondary N) is 1. The van der Waals surface area contributed by atoms with E-state index in [4.69, 9.17) is 9.63 Å². The number of aromatic hydroxyl groups is 1. The van der Waals surface area contributed by atoms with Crippen LogP contribution in [0.15, 0.2) is 29.0 Å². The molecule has 0 bridgehead atoms. The second-order valence-electron chi connectivity index (χ2n) is 7.96. The second kappa shape index (κ2) is 9.31. The molecule has 3 aromatic rings. The number of halogens is 5. The number of alkyl halides is 3. The Morgan fingerprint density at radius 1 is 1.09 bits per heavy atom. The van der Waals surface area contributed by atoms with Gasteiger partial charge in [-0.2, -0.15) is 18.2 Å². The van der Waals surface area contributed by atoms with Crippen LogP contribution < -0.4 is 5.32 Å². The number of phenols is 1. The summed E-state index contributed by atoms with van der Waals surface area (Å²) in [6, 6.07) is 1.53. The Kier molecular flexibility index (Phi) is 6.44. The van der Waals surface area contributed by atoms with Crippen molar-refractivity contribution in [3.05, 3.63) is 53.3 Å². The van der Waals surface area contributed by atoms with Crippen LogP contribution in [-0.2, 0) is 6.18 Å². The van der Waals surface area contributed by atoms with Gasteiger partial charge in [0.2, 0.25) is 11.7 Å². The van der Waals surface area contributed by atoms with Gasteiger partial charge in [0, 0.05) is 18.0 Å². The van der Waals surface area contributed by atoms with Gasteiger partial charge in [0.25, 0.3) is 5.91 Å². The third-order valence-electron chi connectivity index (χ3n) is 5.64. The Morgan fingerprint density at radius 3 is 2.35 bits per heavy atom. The molecule has 8 nitrogen and oxygen atoms in total. The third-order valence-corrected chi connectivity index (χ3v) is 5.64. The average molecular weight is 483 g/mol. The summed E-state index contributed by atoms with van der Waals surface area (Å²) in [6.45, 7) is 0.298. The van der Waals surface area contributed by atoms with Crippen molar-refractivity contribution in [2.75, 3.05) is 6.54 Å². The molecule has 34 heavy (non-hydrogen) atoms. The molecule has 0 radical (unpaired) electrons. The summed E-state index contributed by atoms with van der Waals surface area (Å²) >= 11 is 0. The number of hydrogen-bond acceptors (Lipinski definition) is 7. The van der Waals surface area contributed by atoms with E-state index in [-0.39, 0.29) is 28.9 Å². The molecule has 0 atom stereocenters. The predicted octanol–water partition coefficient (Wildman–Crippen LogP) is 4.23. The molecule has 2 heterocycles. The van der Waals surface area contributed by atoms with Gasteiger partial charge in [-0.05, 0) is 43.7 Å². The molecule has 1 aliphatic rings. The summed E-state index contributed by atoms with van der Waals surface area (Å²) in [6.07, 6.45) is -0.300. The van der Waals surface area contributed by atoms with Crippen molar-refractivity contribution in [3.8, 4) is 17.3 Å². The first-order valence-corrected chi connectivity index (χ1v) is 10.3. The molecule has 1 aliphatic carbocycles. The van der Waals surface area contributed by atoms with E-state index in [1.807, 2.05) is 0 Å². The van der Waals surface area contributed by atoms with Gasteiger partial charge in [-0.1, -0.05) is 5.16 Å². The van der Waals surface area contributed by atoms with Gasteiger partial charge in [0.05, 0.1) is 12.4 Å². The van der Waals surface area contributed by atoms with E-state index in [0.717, 1.165) is 18.3 Å². The van der Waals surface area contributed by atoms with Crippen LogP contribution in [-0.4, -0.2) is 37.7 Å². The number of rotatable bonds is 5. The lowest BCUT2D eigenvalue weighted by Gasteiger charge is -2.26. The van der Waals surface area contributed by atoms with Crippen molar-refractivity contribution in [1.82, 2.24) is 25.4 Å². The maximum atomic E-state index is 13.4. The second-order valence-corrected chi connectivity index (χ2v) is 7.96. The number of hydrogen-bond donors (Lipinski definition) is 2. The van der Waals surface area contributed by atoms with Crippen molar-refractivity contribution in [2.45, 2.75) is 37.8 Å². The van der Waals surface area contributed by atoms with Crippen LogP contribution in [0.2, 0.25) is 0 Å². The number of nitrogens with zero attached hydrogens (tertiary/aromatic N) is 4. The highest BCUT2D eigenvalue weighted by Gasteiger charge is 2.33. The van der Waals surface area contributed by atoms with Crippen LogP contribution in [0.25, 0.3) is 11.5 Å². The standard InChI is InChI=1S/C21H18F5N5O3/c22-13-5-12(6-14(23)17(13)32)19(33)29-7-10-1-3-11(4-2-10)20-30-18(31-34-20)15-8-28-16(9-27-15)21(24,25)26/h5-6,8-11,32H,1-4,7H2,(H,29,33). The summed E-state index contributed by atoms with van der Waals surface area (Å²) < 4.78 is 70.0. The maximum absolute atomic E-state index is 13.4. The van der Waals surface area contributed by atoms with Gasteiger partial charge in [0.15, 0.2) is 23.1 Å². The molecule has 1 amide bonds. The van der Waals surface area contributed by atoms with E-state index < -0.39 is 35.2 Å². The summed E-state index contributed by atoms with van der Waals surface area (Å²) in [4.78, 5) is 23.4. The number of carbonyl (C=O) groups is 1. The van der Waals surface area contributed by atoms with Gasteiger partial charge in [-0.25, -0.2) is 18.7 Å². The Bertz CT molecular complexity index is 1150. The predicted molar refractivity (Wildman–Crippen MR) is 105 cm³/mol. The topological polar surface area (TPSA) is 114 Å². The Hall–Kier alpha value is -3.64. The van der Waals surface area contributed by atoms with Gasteiger partial charge in [-0.3, -0.25) is 4.79 Å². The zero-order valence-electron chi connectivity index (χ0n) is 17.4. The molecule has 1 saturated carbocycles. The first-order chi connectivity index (χ1) is 16.1. The number of aromatic nitrogens is 4. The van der Waals surface area contributed by atoms with Crippen molar-refractivity contribution in [2.24, 2.45) is 5.92 Å². The van der Waals surface area contributed by atoms with E-state index in [0.29, 0.717) is 44.3 Å². The highest BCUT2D eigenvalue weighted by Crippen LogP contribution is 2.35. The minimum atomic E-state index is -4.59. The normalized spacial score (nSPS) is 18.6. The minimum Gasteiger partial charge on any atom is -0.503 e. The fraction of sp³-hybridized carbons (Fsp3) is 0.381. The molecule has 13 heteroatoms. The molecule has 2 aromatic heterocycles. The summed E-state index contributed by atoms with van der Waals surface area (Å²) in [5, 5.41) is 15.5. The SMILES string of the molecule is O=C(NCC1CCC(c2nc(-c3cnc(C(F)(F)F)cn3)no2)CC1)c1cc(F)c(O)c(F)c1. The van der Waals surface area contributed by atoms with Crippen LogP contribution >= 0.6 is 0 Å². The fourth-order valence-electron chi connectivity index (χ4n) is 3.74. The Labute approximate surface area is 189 Å². The zero-order valence-corrected chi connectivity index (χ0v) is 17.4. The van der Waals surface area contributed by atoms with Crippen LogP contribution in [0.3, 0.4) is 0 Å². The van der Waals surface area contributed by atoms with Gasteiger partial charge < -0.3 is 14.9 Å². The van der Waals surface area contributed by atoms with Gasteiger partial charge in [0.1, 0.15) is 5.69 Å². The van der Waals surface area contributed by atoms with Crippen molar-refractivity contribution in [3.63, 3.8) is 0 Å². The lowest BCUT2D eigenvalue weighted by atomic mass is 9.82. The van der Waals surface area contributed by atoms with Gasteiger partial charge >= 0.3 is 6.18 Å². The Morgan fingerprint density at radius 2 is 1.76 bits per heavy atom. The number of benzene rings is 1. The molecule has 180 valence electrons. The lowest BCUT2D eigenvalue weighted by molar-refractivity contribution is -0.141. The van der Waals surface area contributed by atoms with Crippen molar-refractivity contribution < 1.29 is 36.4 Å². The Balaban J connectivity index is 1.30. The molecule has 0 saturated heterocycles. The molecule has 0 aliphatic heterocycles. The third kappa shape index (κ3) is 5.13. The molecular formula is C21H18F5N5O3. The smallest absolute Gasteiger partial charge is 0.434 e. The molecule has 2 N–H and O–H groups in total. The lowest BCUT2D eigenvalue weighted by Crippen LogP contribution is -2.31. The van der Waals surface area contributed by atoms with E-state index in [2.05, 4.69) is 25.4 Å². The zero-order chi connectivity index (χ0) is 24.5. The quantitative estimate of drug-likeness (QED) is 0.522. The molecule has 0 spiro atoms. The molecule has 1 aromatic carbocycles. The summed E-state index contributed by atoms with van der Waals surface area (Å²) in [7, 11) is 0. The summed E-state index contributed by atoms with van der Waals surface area (Å²) in [5.74, 6) is -3.78. The fourth-order valence-corrected chi connectivity index (χ4v) is 3.74. The minimum absolute atomic E-state index is 0.0407. The van der Waals surface area contributed by atoms with E-state index in [9.17, 15) is 26.7 Å². The first-order valence-electron chi connectivity index (χ1n) is 10.3. The molecular weight excluding hydrogens is 465 g/mol. The van der Waals surface area contributed by atoms with E-state index in [1.54, 1.807) is 0 Å². The largest absolute Gasteiger partial charge is 0.503 e. The number of amides is 1. The highest BCUT2D eigenvalue weighted by atomic mass is 19.4. The summed E-state index contributed by atoms with van der Waals surface area (Å²) in [5.41, 5.74) is -1.29. The average Bonchev–Trinajstić information content (AvgIpc) is 3.31.